The Bertz CT molecular complexity index is 462. The minimum Gasteiger partial charge on any atom is -0.379 e. The van der Waals surface area contributed by atoms with Crippen molar-refractivity contribution in [2.24, 2.45) is 5.73 Å². The van der Waals surface area contributed by atoms with Gasteiger partial charge in [0.15, 0.2) is 0 Å². The van der Waals surface area contributed by atoms with Gasteiger partial charge in [-0.3, -0.25) is 4.90 Å². The monoisotopic (exact) mass is 295 g/mol. The van der Waals surface area contributed by atoms with E-state index < -0.39 is 0 Å². The number of morpholine rings is 1. The van der Waals surface area contributed by atoms with E-state index in [-0.39, 0.29) is 0 Å². The van der Waals surface area contributed by atoms with Crippen LogP contribution in [0.3, 0.4) is 0 Å². The molecule has 0 radical (unpaired) electrons. The quantitative estimate of drug-likeness (QED) is 0.922. The number of nitrogens with zero attached hydrogens (tertiary/aromatic N) is 2. The molecule has 1 aromatic rings. The standard InChI is InChI=1S/C15H22ClN3O/c16-14-2-1-3-15(13(14)10-17)19-5-4-12(11-19)18-6-8-20-9-7-18/h1-3,12H,4-11,17H2. The Morgan fingerprint density at radius 3 is 2.80 bits per heavy atom. The van der Waals surface area contributed by atoms with Gasteiger partial charge in [-0.1, -0.05) is 17.7 Å². The summed E-state index contributed by atoms with van der Waals surface area (Å²) >= 11 is 6.26. The van der Waals surface area contributed by atoms with Gasteiger partial charge >= 0.3 is 0 Å². The lowest BCUT2D eigenvalue weighted by atomic mass is 10.1. The Balaban J connectivity index is 1.72. The molecular weight excluding hydrogens is 274 g/mol. The minimum absolute atomic E-state index is 0.494. The van der Waals surface area contributed by atoms with Crippen LogP contribution < -0.4 is 10.6 Å². The van der Waals surface area contributed by atoms with Gasteiger partial charge in [0.25, 0.3) is 0 Å². The van der Waals surface area contributed by atoms with Crippen molar-refractivity contribution >= 4 is 17.3 Å². The van der Waals surface area contributed by atoms with Gasteiger partial charge in [-0.2, -0.15) is 0 Å². The van der Waals surface area contributed by atoms with Crippen LogP contribution in [0.25, 0.3) is 0 Å². The predicted octanol–water partition coefficient (Wildman–Crippen LogP) is 1.71. The zero-order valence-corrected chi connectivity index (χ0v) is 12.5. The molecule has 0 aromatic heterocycles. The zero-order chi connectivity index (χ0) is 13.9. The van der Waals surface area contributed by atoms with Crippen molar-refractivity contribution in [3.63, 3.8) is 0 Å². The smallest absolute Gasteiger partial charge is 0.0594 e. The molecule has 110 valence electrons. The number of benzene rings is 1. The number of halogens is 1. The van der Waals surface area contributed by atoms with Gasteiger partial charge in [0, 0.05) is 55.0 Å². The van der Waals surface area contributed by atoms with E-state index in [9.17, 15) is 0 Å². The van der Waals surface area contributed by atoms with Gasteiger partial charge in [0.1, 0.15) is 0 Å². The molecule has 2 aliphatic heterocycles. The molecule has 0 spiro atoms. The van der Waals surface area contributed by atoms with E-state index in [0.29, 0.717) is 12.6 Å². The highest BCUT2D eigenvalue weighted by Crippen LogP contribution is 2.30. The third-order valence-electron chi connectivity index (χ3n) is 4.36. The molecule has 4 nitrogen and oxygen atoms in total. The Kier molecular flexibility index (Phi) is 4.46. The predicted molar refractivity (Wildman–Crippen MR) is 82.4 cm³/mol. The molecule has 1 atom stereocenters. The van der Waals surface area contributed by atoms with Crippen molar-refractivity contribution < 1.29 is 4.74 Å². The van der Waals surface area contributed by atoms with Crippen LogP contribution in [0.2, 0.25) is 5.02 Å². The van der Waals surface area contributed by atoms with Crippen LogP contribution >= 0.6 is 11.6 Å². The summed E-state index contributed by atoms with van der Waals surface area (Å²) in [6.07, 6.45) is 1.20. The van der Waals surface area contributed by atoms with E-state index in [4.69, 9.17) is 22.1 Å². The largest absolute Gasteiger partial charge is 0.379 e. The molecule has 5 heteroatoms. The van der Waals surface area contributed by atoms with Gasteiger partial charge in [0.05, 0.1) is 13.2 Å². The van der Waals surface area contributed by atoms with Crippen LogP contribution in [-0.2, 0) is 11.3 Å². The Morgan fingerprint density at radius 2 is 2.05 bits per heavy atom. The number of rotatable bonds is 3. The molecule has 2 heterocycles. The summed E-state index contributed by atoms with van der Waals surface area (Å²) < 4.78 is 5.43. The van der Waals surface area contributed by atoms with Crippen molar-refractivity contribution in [1.82, 2.24) is 4.90 Å². The average molecular weight is 296 g/mol. The first-order valence-electron chi connectivity index (χ1n) is 7.34. The van der Waals surface area contributed by atoms with E-state index in [1.807, 2.05) is 12.1 Å². The van der Waals surface area contributed by atoms with Gasteiger partial charge in [-0.05, 0) is 18.6 Å². The summed E-state index contributed by atoms with van der Waals surface area (Å²) in [5.41, 5.74) is 8.13. The van der Waals surface area contributed by atoms with Crippen LogP contribution in [-0.4, -0.2) is 50.3 Å². The lowest BCUT2D eigenvalue weighted by Gasteiger charge is -2.32. The van der Waals surface area contributed by atoms with Crippen molar-refractivity contribution in [3.05, 3.63) is 28.8 Å². The highest BCUT2D eigenvalue weighted by molar-refractivity contribution is 6.31. The van der Waals surface area contributed by atoms with Crippen LogP contribution in [0.5, 0.6) is 0 Å². The first kappa shape index (κ1) is 14.1. The molecule has 2 fully saturated rings. The Hall–Kier alpha value is -0.810. The SMILES string of the molecule is NCc1c(Cl)cccc1N1CCC(N2CCOCC2)C1. The van der Waals surface area contributed by atoms with Crippen LogP contribution in [0.4, 0.5) is 5.69 Å². The second-order valence-corrected chi connectivity index (χ2v) is 5.89. The van der Waals surface area contributed by atoms with Crippen molar-refractivity contribution in [3.8, 4) is 0 Å². The molecule has 0 amide bonds. The van der Waals surface area contributed by atoms with Gasteiger partial charge < -0.3 is 15.4 Å². The van der Waals surface area contributed by atoms with E-state index >= 15 is 0 Å². The number of nitrogens with two attached hydrogens (primary N) is 1. The normalized spacial score (nSPS) is 24.3. The van der Waals surface area contributed by atoms with Crippen LogP contribution in [0.1, 0.15) is 12.0 Å². The fourth-order valence-electron chi connectivity index (χ4n) is 3.25. The maximum absolute atomic E-state index is 6.26. The topological polar surface area (TPSA) is 41.7 Å². The first-order valence-corrected chi connectivity index (χ1v) is 7.71. The lowest BCUT2D eigenvalue weighted by molar-refractivity contribution is 0.0209. The summed E-state index contributed by atoms with van der Waals surface area (Å²) in [5, 5.41) is 0.778. The second kappa shape index (κ2) is 6.31. The van der Waals surface area contributed by atoms with Gasteiger partial charge in [-0.15, -0.1) is 0 Å². The van der Waals surface area contributed by atoms with Crippen molar-refractivity contribution in [2.45, 2.75) is 19.0 Å². The average Bonchev–Trinajstić information content (AvgIpc) is 2.97. The summed E-state index contributed by atoms with van der Waals surface area (Å²) in [6.45, 7) is 6.47. The molecule has 2 aliphatic rings. The molecule has 2 saturated heterocycles. The third-order valence-corrected chi connectivity index (χ3v) is 4.72. The van der Waals surface area contributed by atoms with Gasteiger partial charge in [0.2, 0.25) is 0 Å². The lowest BCUT2D eigenvalue weighted by Crippen LogP contribution is -2.44. The number of ether oxygens (including phenoxy) is 1. The molecular formula is C15H22ClN3O. The fourth-order valence-corrected chi connectivity index (χ4v) is 3.49. The summed E-state index contributed by atoms with van der Waals surface area (Å²) in [4.78, 5) is 4.98. The van der Waals surface area contributed by atoms with E-state index in [2.05, 4.69) is 15.9 Å². The second-order valence-electron chi connectivity index (χ2n) is 5.48. The Labute approximate surface area is 125 Å². The summed E-state index contributed by atoms with van der Waals surface area (Å²) in [6, 6.07) is 6.70. The van der Waals surface area contributed by atoms with E-state index in [1.54, 1.807) is 0 Å². The number of hydrogen-bond acceptors (Lipinski definition) is 4. The van der Waals surface area contributed by atoms with Gasteiger partial charge in [-0.25, -0.2) is 0 Å². The minimum atomic E-state index is 0.494. The molecule has 1 unspecified atom stereocenters. The molecule has 1 aromatic carbocycles. The molecule has 0 saturated carbocycles. The third kappa shape index (κ3) is 2.79. The highest BCUT2D eigenvalue weighted by Gasteiger charge is 2.29. The molecule has 2 N–H and O–H groups in total. The fraction of sp³-hybridized carbons (Fsp3) is 0.600. The first-order chi connectivity index (χ1) is 9.79. The maximum atomic E-state index is 6.26. The number of anilines is 1. The summed E-state index contributed by atoms with van der Waals surface area (Å²) in [5.74, 6) is 0. The van der Waals surface area contributed by atoms with Crippen LogP contribution in [0.15, 0.2) is 18.2 Å². The maximum Gasteiger partial charge on any atom is 0.0594 e. The summed E-state index contributed by atoms with van der Waals surface area (Å²) in [7, 11) is 0. The van der Waals surface area contributed by atoms with Crippen molar-refractivity contribution in [2.75, 3.05) is 44.3 Å². The molecule has 0 bridgehead atoms. The zero-order valence-electron chi connectivity index (χ0n) is 11.7. The molecule has 0 aliphatic carbocycles. The van der Waals surface area contributed by atoms with E-state index in [1.165, 1.54) is 12.1 Å². The van der Waals surface area contributed by atoms with Crippen LogP contribution in [0, 0.1) is 0 Å². The number of hydrogen-bond donors (Lipinski definition) is 1. The van der Waals surface area contributed by atoms with Crippen molar-refractivity contribution in [1.29, 1.82) is 0 Å². The molecule has 3 rings (SSSR count). The van der Waals surface area contributed by atoms with E-state index in [0.717, 1.165) is 50.0 Å². The Morgan fingerprint density at radius 1 is 1.25 bits per heavy atom. The molecule has 20 heavy (non-hydrogen) atoms. The highest BCUT2D eigenvalue weighted by atomic mass is 35.5.